The van der Waals surface area contributed by atoms with Crippen LogP contribution in [0.25, 0.3) is 17.0 Å². The van der Waals surface area contributed by atoms with Crippen LogP contribution in [0, 0.1) is 0 Å². The molecule has 1 N–H and O–H groups in total. The molecule has 168 valence electrons. The van der Waals surface area contributed by atoms with Crippen LogP contribution in [0.15, 0.2) is 52.0 Å². The fraction of sp³-hybridized carbons (Fsp3) is 0.250. The van der Waals surface area contributed by atoms with Crippen LogP contribution >= 0.6 is 11.8 Å². The van der Waals surface area contributed by atoms with Crippen molar-refractivity contribution in [1.82, 2.24) is 0 Å². The number of ether oxygens (including phenoxy) is 3. The van der Waals surface area contributed by atoms with Gasteiger partial charge in [-0.05, 0) is 62.1 Å². The molecule has 0 unspecified atom stereocenters. The lowest BCUT2D eigenvalue weighted by atomic mass is 10.1. The Bertz CT molecular complexity index is 1170. The van der Waals surface area contributed by atoms with Crippen molar-refractivity contribution in [3.05, 3.63) is 53.8 Å². The summed E-state index contributed by atoms with van der Waals surface area (Å²) in [5.74, 6) is -0.626. The number of carbonyl (C=O) groups is 2. The molecule has 0 amide bonds. The molecule has 0 saturated carbocycles. The average molecular weight is 457 g/mol. The molecule has 3 aromatic rings. The number of thioether (sulfide) groups is 1. The summed E-state index contributed by atoms with van der Waals surface area (Å²) < 4.78 is 22.0. The minimum Gasteiger partial charge on any atom is -0.493 e. The van der Waals surface area contributed by atoms with E-state index in [-0.39, 0.29) is 23.0 Å². The van der Waals surface area contributed by atoms with E-state index in [2.05, 4.69) is 0 Å². The second kappa shape index (κ2) is 9.40. The quantitative estimate of drug-likeness (QED) is 0.263. The first kappa shape index (κ1) is 23.3. The second-order valence-electron chi connectivity index (χ2n) is 7.35. The van der Waals surface area contributed by atoms with E-state index >= 15 is 0 Å². The third-order valence-electron chi connectivity index (χ3n) is 4.84. The molecule has 0 saturated heterocycles. The SMILES string of the molecule is COc1cc(/C=C/C(=O)c2ccc(SC)c3ccoc23)cc(OC)c1OC(C)(C)C(=O)O. The van der Waals surface area contributed by atoms with Gasteiger partial charge in [-0.15, -0.1) is 11.8 Å². The zero-order chi connectivity index (χ0) is 23.5. The number of fused-ring (bicyclic) bond motifs is 1. The van der Waals surface area contributed by atoms with Crippen LogP contribution in [-0.4, -0.2) is 42.9 Å². The Morgan fingerprint density at radius 2 is 1.75 bits per heavy atom. The molecular formula is C24H24O7S. The van der Waals surface area contributed by atoms with E-state index in [9.17, 15) is 14.7 Å². The number of carboxylic acid groups (broad SMARTS) is 1. The number of aliphatic carboxylic acids is 1. The van der Waals surface area contributed by atoms with Gasteiger partial charge in [-0.25, -0.2) is 4.79 Å². The van der Waals surface area contributed by atoms with E-state index in [1.165, 1.54) is 34.1 Å². The molecule has 32 heavy (non-hydrogen) atoms. The number of furan rings is 1. The van der Waals surface area contributed by atoms with Crippen LogP contribution < -0.4 is 14.2 Å². The van der Waals surface area contributed by atoms with Crippen molar-refractivity contribution >= 4 is 40.6 Å². The van der Waals surface area contributed by atoms with Crippen LogP contribution in [0.3, 0.4) is 0 Å². The smallest absolute Gasteiger partial charge is 0.347 e. The topological polar surface area (TPSA) is 95.2 Å². The molecule has 0 radical (unpaired) electrons. The van der Waals surface area contributed by atoms with Gasteiger partial charge >= 0.3 is 5.97 Å². The number of rotatable bonds is 9. The highest BCUT2D eigenvalue weighted by Gasteiger charge is 2.32. The lowest BCUT2D eigenvalue weighted by Gasteiger charge is -2.24. The minimum atomic E-state index is -1.49. The summed E-state index contributed by atoms with van der Waals surface area (Å²) in [6.45, 7) is 2.86. The van der Waals surface area contributed by atoms with Crippen LogP contribution in [0.4, 0.5) is 0 Å². The van der Waals surface area contributed by atoms with Crippen molar-refractivity contribution in [3.63, 3.8) is 0 Å². The van der Waals surface area contributed by atoms with Crippen molar-refractivity contribution in [1.29, 1.82) is 0 Å². The third kappa shape index (κ3) is 4.60. The van der Waals surface area contributed by atoms with Gasteiger partial charge in [0.15, 0.2) is 22.9 Å². The number of carbonyl (C=O) groups excluding carboxylic acids is 1. The normalized spacial score (nSPS) is 11.7. The van der Waals surface area contributed by atoms with E-state index in [1.54, 1.807) is 42.3 Å². The molecule has 0 aliphatic carbocycles. The van der Waals surface area contributed by atoms with Gasteiger partial charge in [0.1, 0.15) is 5.58 Å². The van der Waals surface area contributed by atoms with Crippen LogP contribution in [-0.2, 0) is 4.79 Å². The largest absolute Gasteiger partial charge is 0.493 e. The molecule has 3 rings (SSSR count). The molecule has 8 heteroatoms. The molecule has 2 aromatic carbocycles. The maximum atomic E-state index is 12.9. The molecule has 1 heterocycles. The lowest BCUT2D eigenvalue weighted by molar-refractivity contribution is -0.152. The van der Waals surface area contributed by atoms with Crippen molar-refractivity contribution in [2.45, 2.75) is 24.3 Å². The molecule has 0 fully saturated rings. The maximum Gasteiger partial charge on any atom is 0.347 e. The fourth-order valence-electron chi connectivity index (χ4n) is 3.07. The predicted octanol–water partition coefficient (Wildman–Crippen LogP) is 5.31. The Morgan fingerprint density at radius 3 is 2.31 bits per heavy atom. The van der Waals surface area contributed by atoms with Gasteiger partial charge in [0.05, 0.1) is 26.0 Å². The Morgan fingerprint density at radius 1 is 1.09 bits per heavy atom. The van der Waals surface area contributed by atoms with Crippen molar-refractivity contribution in [3.8, 4) is 17.2 Å². The first-order valence-electron chi connectivity index (χ1n) is 9.67. The van der Waals surface area contributed by atoms with Crippen molar-refractivity contribution in [2.75, 3.05) is 20.5 Å². The number of allylic oxidation sites excluding steroid dienone is 1. The monoisotopic (exact) mass is 456 g/mol. The minimum absolute atomic E-state index is 0.163. The molecule has 1 aromatic heterocycles. The van der Waals surface area contributed by atoms with Crippen LogP contribution in [0.1, 0.15) is 29.8 Å². The number of hydrogen-bond donors (Lipinski definition) is 1. The summed E-state index contributed by atoms with van der Waals surface area (Å²) >= 11 is 1.58. The van der Waals surface area contributed by atoms with E-state index in [4.69, 9.17) is 18.6 Å². The average Bonchev–Trinajstić information content (AvgIpc) is 3.26. The highest BCUT2D eigenvalue weighted by molar-refractivity contribution is 7.98. The van der Waals surface area contributed by atoms with Gasteiger partial charge in [0, 0.05) is 10.3 Å². The van der Waals surface area contributed by atoms with Crippen molar-refractivity contribution in [2.24, 2.45) is 0 Å². The number of hydrogen-bond acceptors (Lipinski definition) is 7. The Balaban J connectivity index is 1.95. The van der Waals surface area contributed by atoms with E-state index in [0.717, 1.165) is 10.3 Å². The zero-order valence-electron chi connectivity index (χ0n) is 18.4. The highest BCUT2D eigenvalue weighted by Crippen LogP contribution is 2.41. The van der Waals surface area contributed by atoms with Gasteiger partial charge in [-0.3, -0.25) is 4.79 Å². The van der Waals surface area contributed by atoms with E-state index in [0.29, 0.717) is 16.7 Å². The second-order valence-corrected chi connectivity index (χ2v) is 8.20. The maximum absolute atomic E-state index is 12.9. The summed E-state index contributed by atoms with van der Waals surface area (Å²) in [6.07, 6.45) is 6.59. The standard InChI is InChI=1S/C24H24O7S/c1-24(2,23(26)27)31-22-18(28-3)12-14(13-19(22)29-4)6-8-17(25)15-7-9-20(32-5)16-10-11-30-21(15)16/h6-13H,1-5H3,(H,26,27)/b8-6+. The number of ketones is 1. The van der Waals surface area contributed by atoms with Gasteiger partial charge in [-0.2, -0.15) is 0 Å². The van der Waals surface area contributed by atoms with E-state index in [1.807, 2.05) is 18.4 Å². The molecule has 0 atom stereocenters. The van der Waals surface area contributed by atoms with E-state index < -0.39 is 11.6 Å². The third-order valence-corrected chi connectivity index (χ3v) is 5.64. The molecule has 0 bridgehead atoms. The van der Waals surface area contributed by atoms with Gasteiger partial charge in [0.25, 0.3) is 0 Å². The summed E-state index contributed by atoms with van der Waals surface area (Å²) in [6, 6.07) is 8.76. The summed E-state index contributed by atoms with van der Waals surface area (Å²) in [5, 5.41) is 10.3. The Labute approximate surface area is 190 Å². The summed E-state index contributed by atoms with van der Waals surface area (Å²) in [4.78, 5) is 25.3. The Kier molecular flexibility index (Phi) is 6.84. The summed E-state index contributed by atoms with van der Waals surface area (Å²) in [7, 11) is 2.88. The van der Waals surface area contributed by atoms with Gasteiger partial charge in [0.2, 0.25) is 5.75 Å². The first-order valence-corrected chi connectivity index (χ1v) is 10.9. The summed E-state index contributed by atoms with van der Waals surface area (Å²) in [5.41, 5.74) is 0.122. The number of methoxy groups -OCH3 is 2. The Hall–Kier alpha value is -3.39. The van der Waals surface area contributed by atoms with Crippen molar-refractivity contribution < 1.29 is 33.3 Å². The number of carboxylic acids is 1. The molecule has 7 nitrogen and oxygen atoms in total. The van der Waals surface area contributed by atoms with Gasteiger partial charge in [-0.1, -0.05) is 6.08 Å². The molecule has 0 aliphatic rings. The molecular weight excluding hydrogens is 432 g/mol. The molecule has 0 aliphatic heterocycles. The zero-order valence-corrected chi connectivity index (χ0v) is 19.2. The van der Waals surface area contributed by atoms with Gasteiger partial charge < -0.3 is 23.7 Å². The van der Waals surface area contributed by atoms with Crippen LogP contribution in [0.2, 0.25) is 0 Å². The lowest BCUT2D eigenvalue weighted by Crippen LogP contribution is -2.38. The first-order chi connectivity index (χ1) is 15.2. The highest BCUT2D eigenvalue weighted by atomic mass is 32.2. The number of benzene rings is 2. The molecule has 0 spiro atoms. The predicted molar refractivity (Wildman–Crippen MR) is 123 cm³/mol. The van der Waals surface area contributed by atoms with Crippen LogP contribution in [0.5, 0.6) is 17.2 Å². The fourth-order valence-corrected chi connectivity index (χ4v) is 3.65.